The maximum atomic E-state index is 12.1. The van der Waals surface area contributed by atoms with E-state index in [1.165, 1.54) is 18.4 Å². The molecule has 1 heterocycles. The van der Waals surface area contributed by atoms with Crippen LogP contribution in [0.4, 0.5) is 0 Å². The quantitative estimate of drug-likeness (QED) is 0.393. The number of ether oxygens (including phenoxy) is 1. The molecule has 0 unspecified atom stereocenters. The summed E-state index contributed by atoms with van der Waals surface area (Å²) in [6.45, 7) is 8.84. The number of carbonyl (C=O) groups excluding carboxylic acids is 1. The summed E-state index contributed by atoms with van der Waals surface area (Å²) in [5.41, 5.74) is 2.28. The van der Waals surface area contributed by atoms with E-state index in [4.69, 9.17) is 4.74 Å². The van der Waals surface area contributed by atoms with E-state index in [9.17, 15) is 9.90 Å². The van der Waals surface area contributed by atoms with Crippen molar-refractivity contribution in [1.82, 2.24) is 0 Å². The molecule has 0 radical (unpaired) electrons. The number of hydrogen-bond acceptors (Lipinski definition) is 3. The Balaban J connectivity index is 1.49. The lowest BCUT2D eigenvalue weighted by molar-refractivity contribution is -0.166. The van der Waals surface area contributed by atoms with Gasteiger partial charge in [-0.2, -0.15) is 0 Å². The second-order valence-corrected chi connectivity index (χ2v) is 10.3. The van der Waals surface area contributed by atoms with Crippen molar-refractivity contribution in [3.05, 3.63) is 23.8 Å². The first-order chi connectivity index (χ1) is 12.3. The Hall–Kier alpha value is -1.09. The molecule has 142 valence electrons. The maximum absolute atomic E-state index is 12.1. The van der Waals surface area contributed by atoms with E-state index in [2.05, 4.69) is 26.5 Å². The molecule has 1 spiro atoms. The van der Waals surface area contributed by atoms with Crippen LogP contribution in [0.5, 0.6) is 0 Å². The highest BCUT2D eigenvalue weighted by Gasteiger charge is 2.67. The molecule has 5 rings (SSSR count). The molecule has 1 aliphatic heterocycles. The molecule has 7 atom stereocenters. The minimum Gasteiger partial charge on any atom is -0.455 e. The molecule has 0 aromatic heterocycles. The summed E-state index contributed by atoms with van der Waals surface area (Å²) in [5.74, 6) is 1.91. The minimum absolute atomic E-state index is 0.0964. The molecular formula is C23H32O3. The minimum atomic E-state index is -0.287. The van der Waals surface area contributed by atoms with E-state index in [1.54, 1.807) is 0 Å². The Kier molecular flexibility index (Phi) is 3.44. The summed E-state index contributed by atoms with van der Waals surface area (Å²) in [6.07, 6.45) is 11.7. The monoisotopic (exact) mass is 356 g/mol. The molecule has 1 saturated heterocycles. The molecule has 4 aliphatic carbocycles. The Bertz CT molecular complexity index is 690. The molecule has 5 aliphatic rings. The lowest BCUT2D eigenvalue weighted by Gasteiger charge is -2.58. The third-order valence-electron chi connectivity index (χ3n) is 9.44. The standard InChI is InChI=1S/C23H32O3/c1-14-13-23(26-20(14)25)11-8-19-17-5-4-15-12-16(24)6-9-21(15,2)18(17)7-10-22(19,23)3/h4,16-19,24H,1,5-13H2,2-3H3/t16-,17+,18-,19-,21-,22-,23+/m0/s1. The molecule has 3 nitrogen and oxygen atoms in total. The summed E-state index contributed by atoms with van der Waals surface area (Å²) in [7, 11) is 0. The van der Waals surface area contributed by atoms with Gasteiger partial charge in [-0.05, 0) is 74.5 Å². The predicted molar refractivity (Wildman–Crippen MR) is 100 cm³/mol. The van der Waals surface area contributed by atoms with Crippen LogP contribution in [0.25, 0.3) is 0 Å². The van der Waals surface area contributed by atoms with Crippen LogP contribution in [0.15, 0.2) is 23.8 Å². The fraction of sp³-hybridized carbons (Fsp3) is 0.783. The van der Waals surface area contributed by atoms with Crippen LogP contribution in [0.2, 0.25) is 0 Å². The van der Waals surface area contributed by atoms with E-state index < -0.39 is 0 Å². The number of hydrogen-bond donors (Lipinski definition) is 1. The summed E-state index contributed by atoms with van der Waals surface area (Å²) >= 11 is 0. The summed E-state index contributed by atoms with van der Waals surface area (Å²) in [6, 6.07) is 0. The van der Waals surface area contributed by atoms with Crippen molar-refractivity contribution in [2.75, 3.05) is 0 Å². The first-order valence-corrected chi connectivity index (χ1v) is 10.6. The van der Waals surface area contributed by atoms with Crippen molar-refractivity contribution in [3.8, 4) is 0 Å². The zero-order valence-corrected chi connectivity index (χ0v) is 16.2. The number of rotatable bonds is 0. The van der Waals surface area contributed by atoms with Gasteiger partial charge in [0.05, 0.1) is 6.10 Å². The average Bonchev–Trinajstić information content (AvgIpc) is 3.05. The van der Waals surface area contributed by atoms with Gasteiger partial charge in [-0.15, -0.1) is 0 Å². The lowest BCUT2D eigenvalue weighted by Crippen LogP contribution is -2.54. The van der Waals surface area contributed by atoms with Crippen LogP contribution >= 0.6 is 0 Å². The molecule has 0 aromatic rings. The highest BCUT2D eigenvalue weighted by atomic mass is 16.6. The average molecular weight is 357 g/mol. The van der Waals surface area contributed by atoms with Crippen molar-refractivity contribution in [2.45, 2.75) is 83.3 Å². The van der Waals surface area contributed by atoms with Crippen LogP contribution < -0.4 is 0 Å². The van der Waals surface area contributed by atoms with Gasteiger partial charge in [0.25, 0.3) is 0 Å². The Labute approximate surface area is 156 Å². The fourth-order valence-electron chi connectivity index (χ4n) is 7.89. The summed E-state index contributed by atoms with van der Waals surface area (Å²) in [5, 5.41) is 10.1. The molecule has 3 saturated carbocycles. The molecule has 3 heteroatoms. The van der Waals surface area contributed by atoms with Crippen LogP contribution in [-0.2, 0) is 9.53 Å². The van der Waals surface area contributed by atoms with E-state index in [0.29, 0.717) is 17.4 Å². The van der Waals surface area contributed by atoms with Gasteiger partial charge >= 0.3 is 5.97 Å². The van der Waals surface area contributed by atoms with Gasteiger partial charge in [0, 0.05) is 17.4 Å². The maximum Gasteiger partial charge on any atom is 0.334 e. The van der Waals surface area contributed by atoms with Gasteiger partial charge in [0.15, 0.2) is 0 Å². The van der Waals surface area contributed by atoms with E-state index in [0.717, 1.165) is 50.9 Å². The van der Waals surface area contributed by atoms with Crippen LogP contribution in [0, 0.1) is 28.6 Å². The van der Waals surface area contributed by atoms with E-state index in [-0.39, 0.29) is 28.5 Å². The first kappa shape index (κ1) is 17.0. The largest absolute Gasteiger partial charge is 0.455 e. The number of esters is 1. The van der Waals surface area contributed by atoms with E-state index >= 15 is 0 Å². The Morgan fingerprint density at radius 3 is 2.65 bits per heavy atom. The Morgan fingerprint density at radius 2 is 1.92 bits per heavy atom. The second-order valence-electron chi connectivity index (χ2n) is 10.3. The van der Waals surface area contributed by atoms with Gasteiger partial charge in [0.2, 0.25) is 0 Å². The van der Waals surface area contributed by atoms with Crippen LogP contribution in [0.1, 0.15) is 71.6 Å². The Morgan fingerprint density at radius 1 is 1.15 bits per heavy atom. The van der Waals surface area contributed by atoms with Gasteiger partial charge in [-0.1, -0.05) is 32.1 Å². The summed E-state index contributed by atoms with van der Waals surface area (Å²) < 4.78 is 6.03. The molecule has 0 aromatic carbocycles. The molecule has 1 N–H and O–H groups in total. The molecule has 4 fully saturated rings. The van der Waals surface area contributed by atoms with Gasteiger partial charge in [-0.3, -0.25) is 0 Å². The molecule has 26 heavy (non-hydrogen) atoms. The number of carbonyl (C=O) groups is 1. The number of aliphatic hydroxyl groups is 1. The molecule has 0 amide bonds. The smallest absolute Gasteiger partial charge is 0.334 e. The van der Waals surface area contributed by atoms with Gasteiger partial charge in [-0.25, -0.2) is 4.79 Å². The normalized spacial score (nSPS) is 53.0. The van der Waals surface area contributed by atoms with Crippen molar-refractivity contribution >= 4 is 5.97 Å². The summed E-state index contributed by atoms with van der Waals surface area (Å²) in [4.78, 5) is 12.1. The highest BCUT2D eigenvalue weighted by Crippen LogP contribution is 2.69. The molecular weight excluding hydrogens is 324 g/mol. The van der Waals surface area contributed by atoms with Gasteiger partial charge in [0.1, 0.15) is 5.60 Å². The fourth-order valence-corrected chi connectivity index (χ4v) is 7.89. The van der Waals surface area contributed by atoms with Crippen molar-refractivity contribution in [3.63, 3.8) is 0 Å². The van der Waals surface area contributed by atoms with Crippen LogP contribution in [-0.4, -0.2) is 22.8 Å². The lowest BCUT2D eigenvalue weighted by atomic mass is 9.47. The molecule has 0 bridgehead atoms. The van der Waals surface area contributed by atoms with Crippen molar-refractivity contribution in [1.29, 1.82) is 0 Å². The first-order valence-electron chi connectivity index (χ1n) is 10.6. The third kappa shape index (κ3) is 1.96. The zero-order valence-electron chi connectivity index (χ0n) is 16.2. The van der Waals surface area contributed by atoms with E-state index in [1.807, 2.05) is 0 Å². The van der Waals surface area contributed by atoms with Crippen molar-refractivity contribution < 1.29 is 14.6 Å². The highest BCUT2D eigenvalue weighted by molar-refractivity contribution is 5.90. The van der Waals surface area contributed by atoms with Gasteiger partial charge < -0.3 is 9.84 Å². The third-order valence-corrected chi connectivity index (χ3v) is 9.44. The number of allylic oxidation sites excluding steroid dienone is 1. The zero-order chi connectivity index (χ0) is 18.3. The second kappa shape index (κ2) is 5.25. The van der Waals surface area contributed by atoms with Crippen LogP contribution in [0.3, 0.4) is 0 Å². The number of fused-ring (bicyclic) bond motifs is 6. The SMILES string of the molecule is C=C1C[C@@]2(CC[C@H]3[C@@H]4CC=C5C[C@@H](O)CC[C@]5(C)[C@H]4CC[C@@]32C)OC1=O. The number of aliphatic hydroxyl groups excluding tert-OH is 1. The van der Waals surface area contributed by atoms with Crippen molar-refractivity contribution in [2.24, 2.45) is 28.6 Å². The predicted octanol–water partition coefficient (Wildman–Crippen LogP) is 4.55. The topological polar surface area (TPSA) is 46.5 Å².